The van der Waals surface area contributed by atoms with Crippen LogP contribution in [-0.2, 0) is 0 Å². The molecule has 0 aliphatic carbocycles. The summed E-state index contributed by atoms with van der Waals surface area (Å²) in [6, 6.07) is 8.82. The molecule has 1 aliphatic heterocycles. The van der Waals surface area contributed by atoms with Crippen LogP contribution in [0.2, 0.25) is 0 Å². The third kappa shape index (κ3) is 2.31. The second-order valence-corrected chi connectivity index (χ2v) is 5.83. The molecule has 1 fully saturated rings. The standard InChI is InChI=1S/C16H22N4/c1-19(2)11-12-5-4-10-20(12)15-8-7-14(17)16-13(15)6-3-9-18-16/h3,6-9,12H,4-5,10-11,17H2,1-2H3. The molecule has 0 amide bonds. The number of benzene rings is 1. The molecule has 0 spiro atoms. The van der Waals surface area contributed by atoms with Crippen LogP contribution >= 0.6 is 0 Å². The fourth-order valence-electron chi connectivity index (χ4n) is 3.19. The maximum Gasteiger partial charge on any atom is 0.0951 e. The lowest BCUT2D eigenvalue weighted by atomic mass is 10.1. The van der Waals surface area contributed by atoms with Gasteiger partial charge in [0.1, 0.15) is 0 Å². The van der Waals surface area contributed by atoms with Crippen LogP contribution in [0.3, 0.4) is 0 Å². The lowest BCUT2D eigenvalue weighted by Crippen LogP contribution is -2.37. The second-order valence-electron chi connectivity index (χ2n) is 5.83. The summed E-state index contributed by atoms with van der Waals surface area (Å²) in [4.78, 5) is 9.22. The van der Waals surface area contributed by atoms with Crippen molar-refractivity contribution in [2.24, 2.45) is 0 Å². The molecule has 2 aromatic rings. The van der Waals surface area contributed by atoms with E-state index in [9.17, 15) is 0 Å². The van der Waals surface area contributed by atoms with Gasteiger partial charge in [-0.1, -0.05) is 0 Å². The predicted octanol–water partition coefficient (Wildman–Crippen LogP) is 2.35. The van der Waals surface area contributed by atoms with Crippen molar-refractivity contribution in [1.29, 1.82) is 0 Å². The van der Waals surface area contributed by atoms with Gasteiger partial charge in [0.05, 0.1) is 11.2 Å². The van der Waals surface area contributed by atoms with Crippen LogP contribution in [0.5, 0.6) is 0 Å². The Hall–Kier alpha value is -1.81. The number of rotatable bonds is 3. The van der Waals surface area contributed by atoms with Gasteiger partial charge in [-0.3, -0.25) is 4.98 Å². The Kier molecular flexibility index (Phi) is 3.49. The average Bonchev–Trinajstić information content (AvgIpc) is 2.87. The molecule has 1 aromatic heterocycles. The quantitative estimate of drug-likeness (QED) is 0.870. The highest BCUT2D eigenvalue weighted by atomic mass is 15.2. The van der Waals surface area contributed by atoms with Crippen molar-refractivity contribution in [2.75, 3.05) is 37.8 Å². The van der Waals surface area contributed by atoms with E-state index in [4.69, 9.17) is 5.73 Å². The first-order chi connectivity index (χ1) is 9.66. The summed E-state index contributed by atoms with van der Waals surface area (Å²) in [6.07, 6.45) is 4.32. The number of nitrogens with two attached hydrogens (primary N) is 1. The van der Waals surface area contributed by atoms with Gasteiger partial charge >= 0.3 is 0 Å². The normalized spacial score (nSPS) is 19.1. The van der Waals surface area contributed by atoms with Crippen LogP contribution in [0.15, 0.2) is 30.5 Å². The van der Waals surface area contributed by atoms with E-state index < -0.39 is 0 Å². The molecule has 1 saturated heterocycles. The van der Waals surface area contributed by atoms with Gasteiger partial charge in [0, 0.05) is 36.4 Å². The highest BCUT2D eigenvalue weighted by Crippen LogP contribution is 2.33. The number of nitrogens with zero attached hydrogens (tertiary/aromatic N) is 3. The number of fused-ring (bicyclic) bond motifs is 1. The number of hydrogen-bond donors (Lipinski definition) is 1. The summed E-state index contributed by atoms with van der Waals surface area (Å²) in [7, 11) is 4.28. The minimum absolute atomic E-state index is 0.581. The Morgan fingerprint density at radius 3 is 3.00 bits per heavy atom. The number of aromatic nitrogens is 1. The molecular formula is C16H22N4. The predicted molar refractivity (Wildman–Crippen MR) is 85.1 cm³/mol. The van der Waals surface area contributed by atoms with E-state index in [1.54, 1.807) is 0 Å². The van der Waals surface area contributed by atoms with Gasteiger partial charge in [-0.2, -0.15) is 0 Å². The van der Waals surface area contributed by atoms with Crippen LogP contribution in [0, 0.1) is 0 Å². The van der Waals surface area contributed by atoms with E-state index in [0.717, 1.165) is 29.7 Å². The SMILES string of the molecule is CN(C)CC1CCCN1c1ccc(N)c2ncccc12. The van der Waals surface area contributed by atoms with Crippen molar-refractivity contribution in [3.05, 3.63) is 30.5 Å². The lowest BCUT2D eigenvalue weighted by molar-refractivity contribution is 0.372. The molecule has 1 unspecified atom stereocenters. The Labute approximate surface area is 120 Å². The highest BCUT2D eigenvalue weighted by molar-refractivity contribution is 5.98. The van der Waals surface area contributed by atoms with Crippen molar-refractivity contribution in [3.8, 4) is 0 Å². The van der Waals surface area contributed by atoms with E-state index in [0.29, 0.717) is 6.04 Å². The van der Waals surface area contributed by atoms with Gasteiger partial charge in [0.15, 0.2) is 0 Å². The molecule has 1 atom stereocenters. The summed E-state index contributed by atoms with van der Waals surface area (Å²) in [5.74, 6) is 0. The number of pyridine rings is 1. The molecule has 20 heavy (non-hydrogen) atoms. The highest BCUT2D eigenvalue weighted by Gasteiger charge is 2.26. The monoisotopic (exact) mass is 270 g/mol. The van der Waals surface area contributed by atoms with E-state index >= 15 is 0 Å². The van der Waals surface area contributed by atoms with Crippen LogP contribution in [-0.4, -0.2) is 43.1 Å². The summed E-state index contributed by atoms with van der Waals surface area (Å²) in [6.45, 7) is 2.21. The third-order valence-corrected chi connectivity index (χ3v) is 4.04. The first kappa shape index (κ1) is 13.2. The van der Waals surface area contributed by atoms with E-state index in [1.807, 2.05) is 18.3 Å². The van der Waals surface area contributed by atoms with Crippen LogP contribution < -0.4 is 10.6 Å². The zero-order chi connectivity index (χ0) is 14.1. The van der Waals surface area contributed by atoms with Crippen LogP contribution in [0.1, 0.15) is 12.8 Å². The Bertz CT molecular complexity index is 608. The maximum atomic E-state index is 6.05. The average molecular weight is 270 g/mol. The topological polar surface area (TPSA) is 45.4 Å². The van der Waals surface area contributed by atoms with Gasteiger partial charge in [0.25, 0.3) is 0 Å². The van der Waals surface area contributed by atoms with Crippen LogP contribution in [0.4, 0.5) is 11.4 Å². The number of anilines is 2. The molecule has 1 aliphatic rings. The molecule has 106 valence electrons. The Morgan fingerprint density at radius 2 is 2.20 bits per heavy atom. The van der Waals surface area contributed by atoms with Crippen molar-refractivity contribution in [1.82, 2.24) is 9.88 Å². The number of nitrogen functional groups attached to an aromatic ring is 1. The van der Waals surface area contributed by atoms with E-state index in [2.05, 4.69) is 41.0 Å². The molecule has 1 aromatic carbocycles. The summed E-state index contributed by atoms with van der Waals surface area (Å²) in [5.41, 5.74) is 8.99. The van der Waals surface area contributed by atoms with E-state index in [-0.39, 0.29) is 0 Å². The van der Waals surface area contributed by atoms with Crippen molar-refractivity contribution < 1.29 is 0 Å². The Balaban J connectivity index is 2.03. The van der Waals surface area contributed by atoms with Crippen molar-refractivity contribution >= 4 is 22.3 Å². The largest absolute Gasteiger partial charge is 0.397 e. The second kappa shape index (κ2) is 5.29. The summed E-state index contributed by atoms with van der Waals surface area (Å²) < 4.78 is 0. The van der Waals surface area contributed by atoms with Gasteiger partial charge in [-0.05, 0) is 51.2 Å². The smallest absolute Gasteiger partial charge is 0.0951 e. The van der Waals surface area contributed by atoms with Gasteiger partial charge in [0.2, 0.25) is 0 Å². The summed E-state index contributed by atoms with van der Waals surface area (Å²) in [5, 5.41) is 1.16. The fraction of sp³-hybridized carbons (Fsp3) is 0.438. The molecule has 0 bridgehead atoms. The van der Waals surface area contributed by atoms with Gasteiger partial charge < -0.3 is 15.5 Å². The van der Waals surface area contributed by atoms with Crippen molar-refractivity contribution in [3.63, 3.8) is 0 Å². The summed E-state index contributed by atoms with van der Waals surface area (Å²) >= 11 is 0. The molecule has 4 heteroatoms. The molecule has 0 saturated carbocycles. The Morgan fingerprint density at radius 1 is 1.35 bits per heavy atom. The van der Waals surface area contributed by atoms with E-state index in [1.165, 1.54) is 18.5 Å². The third-order valence-electron chi connectivity index (χ3n) is 4.04. The number of likely N-dealkylation sites (N-methyl/N-ethyl adjacent to an activating group) is 1. The number of hydrogen-bond acceptors (Lipinski definition) is 4. The molecular weight excluding hydrogens is 248 g/mol. The van der Waals surface area contributed by atoms with Crippen LogP contribution in [0.25, 0.3) is 10.9 Å². The van der Waals surface area contributed by atoms with Gasteiger partial charge in [-0.25, -0.2) is 0 Å². The molecule has 2 N–H and O–H groups in total. The fourth-order valence-corrected chi connectivity index (χ4v) is 3.19. The maximum absolute atomic E-state index is 6.05. The molecule has 2 heterocycles. The molecule has 4 nitrogen and oxygen atoms in total. The minimum Gasteiger partial charge on any atom is -0.397 e. The zero-order valence-corrected chi connectivity index (χ0v) is 12.2. The zero-order valence-electron chi connectivity index (χ0n) is 12.2. The molecule has 3 rings (SSSR count). The minimum atomic E-state index is 0.581. The molecule has 0 radical (unpaired) electrons. The van der Waals surface area contributed by atoms with Crippen molar-refractivity contribution in [2.45, 2.75) is 18.9 Å². The first-order valence-corrected chi connectivity index (χ1v) is 7.21. The first-order valence-electron chi connectivity index (χ1n) is 7.21. The van der Waals surface area contributed by atoms with Gasteiger partial charge in [-0.15, -0.1) is 0 Å². The lowest BCUT2D eigenvalue weighted by Gasteiger charge is -2.30.